The summed E-state index contributed by atoms with van der Waals surface area (Å²) in [5, 5.41) is 7.64. The van der Waals surface area contributed by atoms with Crippen molar-refractivity contribution in [2.24, 2.45) is 0 Å². The van der Waals surface area contributed by atoms with Crippen LogP contribution in [0.2, 0.25) is 0 Å². The molecule has 1 aromatic carbocycles. The van der Waals surface area contributed by atoms with Crippen LogP contribution < -0.4 is 11.1 Å². The molecule has 1 spiro atoms. The van der Waals surface area contributed by atoms with Crippen molar-refractivity contribution in [1.82, 2.24) is 20.4 Å². The van der Waals surface area contributed by atoms with Gasteiger partial charge in [0.2, 0.25) is 0 Å². The van der Waals surface area contributed by atoms with Crippen molar-refractivity contribution in [3.63, 3.8) is 0 Å². The zero-order valence-electron chi connectivity index (χ0n) is 19.0. The van der Waals surface area contributed by atoms with E-state index in [2.05, 4.69) is 40.6 Å². The van der Waals surface area contributed by atoms with E-state index in [1.165, 1.54) is 34.2 Å². The van der Waals surface area contributed by atoms with Crippen LogP contribution in [0.25, 0.3) is 0 Å². The predicted molar refractivity (Wildman–Crippen MR) is 128 cm³/mol. The van der Waals surface area contributed by atoms with Crippen molar-refractivity contribution in [1.29, 1.82) is 0 Å². The summed E-state index contributed by atoms with van der Waals surface area (Å²) in [4.78, 5) is 32.4. The number of hydrogen-bond donors (Lipinski definition) is 2. The second kappa shape index (κ2) is 7.94. The summed E-state index contributed by atoms with van der Waals surface area (Å²) < 4.78 is 5.40. The van der Waals surface area contributed by atoms with Gasteiger partial charge in [-0.3, -0.25) is 9.59 Å². The number of carbonyl (C=O) groups is 2. The van der Waals surface area contributed by atoms with E-state index in [9.17, 15) is 9.59 Å². The average molecular weight is 478 g/mol. The molecule has 1 saturated carbocycles. The number of nitrogens with two attached hydrogens (primary N) is 1. The number of hydrogen-bond acceptors (Lipinski definition) is 7. The van der Waals surface area contributed by atoms with Gasteiger partial charge in [0.1, 0.15) is 10.6 Å². The van der Waals surface area contributed by atoms with Gasteiger partial charge in [0, 0.05) is 30.5 Å². The molecule has 3 heterocycles. The number of nitrogen functional groups attached to an aromatic ring is 1. The maximum atomic E-state index is 13.1. The summed E-state index contributed by atoms with van der Waals surface area (Å²) in [6.45, 7) is 3.45. The van der Waals surface area contributed by atoms with Crippen LogP contribution in [-0.4, -0.2) is 39.9 Å². The molecule has 8 nitrogen and oxygen atoms in total. The first kappa shape index (κ1) is 21.3. The molecule has 0 bridgehead atoms. The minimum Gasteiger partial charge on any atom is -0.375 e. The van der Waals surface area contributed by atoms with E-state index in [4.69, 9.17) is 10.3 Å². The fraction of sp³-hybridized carbons (Fsp3) is 0.440. The van der Waals surface area contributed by atoms with E-state index in [0.717, 1.165) is 37.9 Å². The summed E-state index contributed by atoms with van der Waals surface area (Å²) in [5.74, 6) is 1.07. The number of rotatable bonds is 4. The lowest BCUT2D eigenvalue weighted by molar-refractivity contribution is 0.0650. The minimum absolute atomic E-state index is 0.0545. The molecule has 1 atom stereocenters. The Bertz CT molecular complexity index is 1270. The molecule has 3 aliphatic rings. The second-order valence-electron chi connectivity index (χ2n) is 9.79. The summed E-state index contributed by atoms with van der Waals surface area (Å²) in [6.07, 6.45) is 6.28. The molecule has 9 heteroatoms. The fourth-order valence-corrected chi connectivity index (χ4v) is 6.35. The van der Waals surface area contributed by atoms with Gasteiger partial charge in [-0.15, -0.1) is 0 Å². The standard InChI is InChI=1S/C25H27N5O3S/c1-14-3-2-4-16-18(28-22(31)20-13-27-24(26)34-20)12-25(21(14)16)7-9-30(10-8-25)23(32)17-11-19(33-29-17)15-5-6-15/h2-4,11,13,15,18H,5-10,12H2,1H3,(H2,26,27)(H,28,31). The first-order valence-corrected chi connectivity index (χ1v) is 12.6. The Kier molecular flexibility index (Phi) is 4.98. The highest BCUT2D eigenvalue weighted by Gasteiger charge is 2.47. The Morgan fingerprint density at radius 2 is 2.06 bits per heavy atom. The van der Waals surface area contributed by atoms with E-state index in [0.29, 0.717) is 34.7 Å². The number of benzene rings is 1. The van der Waals surface area contributed by atoms with E-state index in [1.807, 2.05) is 11.0 Å². The predicted octanol–water partition coefficient (Wildman–Crippen LogP) is 3.95. The molecule has 1 saturated heterocycles. The third-order valence-electron chi connectivity index (χ3n) is 7.59. The summed E-state index contributed by atoms with van der Waals surface area (Å²) >= 11 is 1.20. The van der Waals surface area contributed by atoms with Gasteiger partial charge in [-0.25, -0.2) is 4.98 Å². The summed E-state index contributed by atoms with van der Waals surface area (Å²) in [7, 11) is 0. The number of amides is 2. The molecular weight excluding hydrogens is 450 g/mol. The molecule has 6 rings (SSSR count). The van der Waals surface area contributed by atoms with E-state index in [1.54, 1.807) is 0 Å². The van der Waals surface area contributed by atoms with Crippen molar-refractivity contribution in [3.8, 4) is 0 Å². The number of fused-ring (bicyclic) bond motifs is 2. The molecule has 1 aliphatic heterocycles. The van der Waals surface area contributed by atoms with Crippen LogP contribution in [-0.2, 0) is 5.41 Å². The summed E-state index contributed by atoms with van der Waals surface area (Å²) in [5.41, 5.74) is 9.81. The number of aryl methyl sites for hydroxylation is 1. The second-order valence-corrected chi connectivity index (χ2v) is 10.9. The van der Waals surface area contributed by atoms with Gasteiger partial charge in [0.25, 0.3) is 11.8 Å². The molecule has 1 unspecified atom stereocenters. The van der Waals surface area contributed by atoms with Crippen molar-refractivity contribution in [2.45, 2.75) is 56.4 Å². The number of likely N-dealkylation sites (tertiary alicyclic amines) is 1. The zero-order valence-corrected chi connectivity index (χ0v) is 19.9. The van der Waals surface area contributed by atoms with E-state index in [-0.39, 0.29) is 23.3 Å². The van der Waals surface area contributed by atoms with Crippen LogP contribution in [0.1, 0.15) is 86.7 Å². The van der Waals surface area contributed by atoms with Crippen molar-refractivity contribution in [2.75, 3.05) is 18.8 Å². The largest absolute Gasteiger partial charge is 0.375 e. The molecule has 2 fully saturated rings. The Morgan fingerprint density at radius 1 is 1.26 bits per heavy atom. The zero-order chi connectivity index (χ0) is 23.4. The molecule has 3 aromatic rings. The molecule has 176 valence electrons. The maximum absolute atomic E-state index is 13.1. The third-order valence-corrected chi connectivity index (χ3v) is 8.42. The minimum atomic E-state index is -0.145. The van der Waals surface area contributed by atoms with Crippen LogP contribution in [0.3, 0.4) is 0 Å². The molecule has 2 aliphatic carbocycles. The van der Waals surface area contributed by atoms with Gasteiger partial charge in [-0.05, 0) is 55.7 Å². The molecule has 2 aromatic heterocycles. The summed E-state index contributed by atoms with van der Waals surface area (Å²) in [6, 6.07) is 8.05. The first-order valence-electron chi connectivity index (χ1n) is 11.8. The number of carbonyl (C=O) groups excluding carboxylic acids is 2. The SMILES string of the molecule is Cc1cccc2c1C1(CCN(C(=O)c3cc(C4CC4)on3)CC1)CC2NC(=O)c1cnc(N)s1. The molecule has 3 N–H and O–H groups in total. The number of piperidine rings is 1. The lowest BCUT2D eigenvalue weighted by Gasteiger charge is -2.40. The van der Waals surface area contributed by atoms with E-state index >= 15 is 0 Å². The molecule has 34 heavy (non-hydrogen) atoms. The maximum Gasteiger partial charge on any atom is 0.276 e. The quantitative estimate of drug-likeness (QED) is 0.588. The number of thiazole rings is 1. The lowest BCUT2D eigenvalue weighted by atomic mass is 9.72. The highest BCUT2D eigenvalue weighted by atomic mass is 32.1. The average Bonchev–Trinajstić information content (AvgIpc) is 3.26. The van der Waals surface area contributed by atoms with Crippen molar-refractivity contribution in [3.05, 3.63) is 63.5 Å². The molecular formula is C25H27N5O3S. The molecule has 0 radical (unpaired) electrons. The highest BCUT2D eigenvalue weighted by Crippen LogP contribution is 2.52. The number of nitrogens with zero attached hydrogens (tertiary/aromatic N) is 3. The Balaban J connectivity index is 1.20. The third kappa shape index (κ3) is 3.58. The van der Waals surface area contributed by atoms with Crippen molar-refractivity contribution < 1.29 is 14.1 Å². The number of aromatic nitrogens is 2. The molecule has 2 amide bonds. The van der Waals surface area contributed by atoms with E-state index < -0.39 is 0 Å². The number of nitrogens with one attached hydrogen (secondary N) is 1. The number of anilines is 1. The lowest BCUT2D eigenvalue weighted by Crippen LogP contribution is -2.45. The monoisotopic (exact) mass is 477 g/mol. The Morgan fingerprint density at radius 3 is 2.76 bits per heavy atom. The Hall–Kier alpha value is -3.20. The fourth-order valence-electron chi connectivity index (χ4n) is 5.76. The van der Waals surface area contributed by atoms with Crippen LogP contribution in [0.5, 0.6) is 0 Å². The Labute approximate surface area is 201 Å². The van der Waals surface area contributed by atoms with Gasteiger partial charge in [-0.1, -0.05) is 34.7 Å². The highest BCUT2D eigenvalue weighted by molar-refractivity contribution is 7.17. The van der Waals surface area contributed by atoms with Crippen LogP contribution >= 0.6 is 11.3 Å². The van der Waals surface area contributed by atoms with Gasteiger partial charge in [0.15, 0.2) is 10.8 Å². The van der Waals surface area contributed by atoms with Crippen LogP contribution in [0.4, 0.5) is 5.13 Å². The smallest absolute Gasteiger partial charge is 0.276 e. The van der Waals surface area contributed by atoms with Crippen molar-refractivity contribution >= 4 is 28.3 Å². The first-order chi connectivity index (χ1) is 16.4. The van der Waals surface area contributed by atoms with Crippen LogP contribution in [0.15, 0.2) is 35.0 Å². The van der Waals surface area contributed by atoms with Gasteiger partial charge < -0.3 is 20.5 Å². The van der Waals surface area contributed by atoms with Gasteiger partial charge in [-0.2, -0.15) is 0 Å². The normalized spacial score (nSPS) is 21.0. The topological polar surface area (TPSA) is 114 Å². The van der Waals surface area contributed by atoms with Gasteiger partial charge >= 0.3 is 0 Å². The van der Waals surface area contributed by atoms with Crippen LogP contribution in [0, 0.1) is 6.92 Å². The van der Waals surface area contributed by atoms with Gasteiger partial charge in [0.05, 0.1) is 12.2 Å².